The van der Waals surface area contributed by atoms with E-state index >= 15 is 0 Å². The average molecular weight is 537 g/mol. The van der Waals surface area contributed by atoms with E-state index in [1.807, 2.05) is 30.3 Å². The van der Waals surface area contributed by atoms with Crippen LogP contribution in [0.25, 0.3) is 0 Å². The number of hydrogen-bond acceptors (Lipinski definition) is 8. The van der Waals surface area contributed by atoms with Crippen LogP contribution < -0.4 is 15.6 Å². The topological polar surface area (TPSA) is 133 Å². The second-order valence-electron chi connectivity index (χ2n) is 9.01. The Morgan fingerprint density at radius 3 is 2.23 bits per heavy atom. The Balaban J connectivity index is 1.50. The van der Waals surface area contributed by atoms with Gasteiger partial charge in [0.25, 0.3) is 5.56 Å². The first kappa shape index (κ1) is 29.0. The van der Waals surface area contributed by atoms with E-state index in [0.29, 0.717) is 5.75 Å². The zero-order valence-electron chi connectivity index (χ0n) is 22.1. The number of carbonyl (C=O) groups is 3. The molecule has 39 heavy (non-hydrogen) atoms. The van der Waals surface area contributed by atoms with Crippen LogP contribution in [0.15, 0.2) is 71.7 Å². The maximum absolute atomic E-state index is 12.6. The number of pyridine rings is 1. The summed E-state index contributed by atoms with van der Waals surface area (Å²) in [5.41, 5.74) is 1.58. The highest BCUT2D eigenvalue weighted by molar-refractivity contribution is 5.89. The van der Waals surface area contributed by atoms with Gasteiger partial charge in [0.2, 0.25) is 0 Å². The SMILES string of the molecule is COc1ccc(COC(=O)c2c[nH]c(=O)c(CCOC(=O)[C@@H](NC(=O)OCc3ccccc3)C(C)C)c2)cc1. The quantitative estimate of drug-likeness (QED) is 0.264. The number of benzene rings is 2. The van der Waals surface area contributed by atoms with E-state index in [1.165, 1.54) is 12.3 Å². The number of alkyl carbamates (subject to hydrolysis) is 1. The van der Waals surface area contributed by atoms with Crippen molar-refractivity contribution in [1.29, 1.82) is 0 Å². The summed E-state index contributed by atoms with van der Waals surface area (Å²) in [6.45, 7) is 3.50. The van der Waals surface area contributed by atoms with E-state index in [9.17, 15) is 19.2 Å². The van der Waals surface area contributed by atoms with Crippen molar-refractivity contribution >= 4 is 18.0 Å². The van der Waals surface area contributed by atoms with Crippen molar-refractivity contribution in [2.24, 2.45) is 5.92 Å². The average Bonchev–Trinajstić information content (AvgIpc) is 2.95. The molecule has 1 aromatic heterocycles. The van der Waals surface area contributed by atoms with Gasteiger partial charge in [0.05, 0.1) is 19.3 Å². The molecule has 3 rings (SSSR count). The van der Waals surface area contributed by atoms with Gasteiger partial charge in [0.1, 0.15) is 25.0 Å². The fourth-order valence-corrected chi connectivity index (χ4v) is 3.53. The van der Waals surface area contributed by atoms with E-state index in [-0.39, 0.29) is 43.3 Å². The monoisotopic (exact) mass is 536 g/mol. The van der Waals surface area contributed by atoms with E-state index in [2.05, 4.69) is 10.3 Å². The largest absolute Gasteiger partial charge is 0.497 e. The predicted molar refractivity (Wildman–Crippen MR) is 142 cm³/mol. The fraction of sp³-hybridized carbons (Fsp3) is 0.310. The zero-order valence-corrected chi connectivity index (χ0v) is 22.1. The standard InChI is InChI=1S/C29H32N2O8/c1-19(2)25(31-29(35)39-18-20-7-5-4-6-8-20)28(34)37-14-13-22-15-23(16-30-26(22)32)27(33)38-17-21-9-11-24(36-3)12-10-21/h4-12,15-16,19,25H,13-14,17-18H2,1-3H3,(H,30,32)(H,31,35)/t25-/m0/s1. The van der Waals surface area contributed by atoms with Crippen molar-refractivity contribution in [2.75, 3.05) is 13.7 Å². The molecule has 0 saturated heterocycles. The van der Waals surface area contributed by atoms with Gasteiger partial charge in [-0.25, -0.2) is 14.4 Å². The van der Waals surface area contributed by atoms with Gasteiger partial charge >= 0.3 is 18.0 Å². The number of amides is 1. The van der Waals surface area contributed by atoms with Crippen molar-refractivity contribution in [3.05, 3.63) is 99.5 Å². The smallest absolute Gasteiger partial charge is 0.408 e. The normalized spacial score (nSPS) is 11.4. The van der Waals surface area contributed by atoms with E-state index in [0.717, 1.165) is 11.1 Å². The summed E-state index contributed by atoms with van der Waals surface area (Å²) in [4.78, 5) is 52.1. The van der Waals surface area contributed by atoms with Crippen LogP contribution in [0.2, 0.25) is 0 Å². The number of aromatic amines is 1. The highest BCUT2D eigenvalue weighted by Gasteiger charge is 2.26. The number of hydrogen-bond donors (Lipinski definition) is 2. The molecule has 0 fully saturated rings. The van der Waals surface area contributed by atoms with Crippen LogP contribution in [-0.2, 0) is 38.6 Å². The number of ether oxygens (including phenoxy) is 4. The Kier molecular flexibility index (Phi) is 10.7. The summed E-state index contributed by atoms with van der Waals surface area (Å²) in [7, 11) is 1.56. The van der Waals surface area contributed by atoms with Crippen LogP contribution in [-0.4, -0.2) is 42.8 Å². The fourth-order valence-electron chi connectivity index (χ4n) is 3.53. The van der Waals surface area contributed by atoms with Gasteiger partial charge < -0.3 is 29.2 Å². The molecule has 0 aliphatic heterocycles. The molecule has 3 aromatic rings. The molecule has 10 heteroatoms. The Bertz CT molecular complexity index is 1300. The summed E-state index contributed by atoms with van der Waals surface area (Å²) < 4.78 is 20.9. The van der Waals surface area contributed by atoms with Crippen molar-refractivity contribution < 1.29 is 33.3 Å². The Morgan fingerprint density at radius 1 is 0.897 bits per heavy atom. The van der Waals surface area contributed by atoms with Crippen LogP contribution in [0.5, 0.6) is 5.75 Å². The van der Waals surface area contributed by atoms with Gasteiger partial charge in [-0.15, -0.1) is 0 Å². The first-order chi connectivity index (χ1) is 18.8. The molecule has 2 N–H and O–H groups in total. The second kappa shape index (κ2) is 14.4. The first-order valence-electron chi connectivity index (χ1n) is 12.4. The lowest BCUT2D eigenvalue weighted by molar-refractivity contribution is -0.147. The summed E-state index contributed by atoms with van der Waals surface area (Å²) in [6, 6.07) is 16.7. The summed E-state index contributed by atoms with van der Waals surface area (Å²) >= 11 is 0. The van der Waals surface area contributed by atoms with Crippen LogP contribution >= 0.6 is 0 Å². The molecule has 0 bridgehead atoms. The van der Waals surface area contributed by atoms with Gasteiger partial charge in [-0.1, -0.05) is 56.3 Å². The molecule has 1 heterocycles. The molecule has 10 nitrogen and oxygen atoms in total. The predicted octanol–water partition coefficient (Wildman–Crippen LogP) is 3.78. The van der Waals surface area contributed by atoms with Crippen LogP contribution in [0, 0.1) is 5.92 Å². The molecule has 0 spiro atoms. The Morgan fingerprint density at radius 2 is 1.56 bits per heavy atom. The van der Waals surface area contributed by atoms with Crippen LogP contribution in [0.4, 0.5) is 4.79 Å². The number of H-pyrrole nitrogens is 1. The maximum Gasteiger partial charge on any atom is 0.408 e. The molecule has 0 unspecified atom stereocenters. The van der Waals surface area contributed by atoms with Gasteiger partial charge in [-0.05, 0) is 35.2 Å². The minimum absolute atomic E-state index is 0.0479. The van der Waals surface area contributed by atoms with Gasteiger partial charge in [-0.2, -0.15) is 0 Å². The number of esters is 2. The lowest BCUT2D eigenvalue weighted by atomic mass is 10.1. The summed E-state index contributed by atoms with van der Waals surface area (Å²) in [6.07, 6.45) is 0.588. The van der Waals surface area contributed by atoms with Gasteiger partial charge in [0, 0.05) is 18.2 Å². The summed E-state index contributed by atoms with van der Waals surface area (Å²) in [5.74, 6) is -0.852. The lowest BCUT2D eigenvalue weighted by Crippen LogP contribution is -2.45. The third kappa shape index (κ3) is 9.03. The Hall–Kier alpha value is -4.60. The molecule has 1 amide bonds. The van der Waals surface area contributed by atoms with E-state index in [1.54, 1.807) is 45.2 Å². The third-order valence-corrected chi connectivity index (χ3v) is 5.77. The molecule has 2 aromatic carbocycles. The van der Waals surface area contributed by atoms with Crippen molar-refractivity contribution in [1.82, 2.24) is 10.3 Å². The number of methoxy groups -OCH3 is 1. The minimum Gasteiger partial charge on any atom is -0.497 e. The lowest BCUT2D eigenvalue weighted by Gasteiger charge is -2.20. The molecule has 0 aliphatic rings. The molecule has 1 atom stereocenters. The van der Waals surface area contributed by atoms with Crippen molar-refractivity contribution in [3.63, 3.8) is 0 Å². The maximum atomic E-state index is 12.6. The third-order valence-electron chi connectivity index (χ3n) is 5.77. The van der Waals surface area contributed by atoms with E-state index in [4.69, 9.17) is 18.9 Å². The second-order valence-corrected chi connectivity index (χ2v) is 9.01. The van der Waals surface area contributed by atoms with Crippen LogP contribution in [0.3, 0.4) is 0 Å². The molecular weight excluding hydrogens is 504 g/mol. The number of rotatable bonds is 12. The van der Waals surface area contributed by atoms with E-state index < -0.39 is 29.6 Å². The molecule has 0 saturated carbocycles. The minimum atomic E-state index is -0.939. The number of nitrogens with one attached hydrogen (secondary N) is 2. The van der Waals surface area contributed by atoms with Crippen molar-refractivity contribution in [2.45, 2.75) is 39.5 Å². The molecule has 206 valence electrons. The Labute approximate surface area is 226 Å². The molecule has 0 aliphatic carbocycles. The molecular formula is C29H32N2O8. The van der Waals surface area contributed by atoms with Gasteiger partial charge in [-0.3, -0.25) is 4.79 Å². The van der Waals surface area contributed by atoms with Crippen molar-refractivity contribution in [3.8, 4) is 5.75 Å². The first-order valence-corrected chi connectivity index (χ1v) is 12.4. The summed E-state index contributed by atoms with van der Waals surface area (Å²) in [5, 5.41) is 2.53. The van der Waals surface area contributed by atoms with Gasteiger partial charge in [0.15, 0.2) is 0 Å². The number of carbonyl (C=O) groups excluding carboxylic acids is 3. The van der Waals surface area contributed by atoms with Crippen LogP contribution in [0.1, 0.15) is 40.9 Å². The molecule has 0 radical (unpaired) electrons. The number of aromatic nitrogens is 1. The highest BCUT2D eigenvalue weighted by Crippen LogP contribution is 2.13. The highest BCUT2D eigenvalue weighted by atomic mass is 16.6. The zero-order chi connectivity index (χ0) is 28.2.